The Bertz CT molecular complexity index is 880. The smallest absolute Gasteiger partial charge is 0.231 e. The molecule has 0 spiro atoms. The molecule has 0 bridgehead atoms. The second-order valence-corrected chi connectivity index (χ2v) is 7.66. The van der Waals surface area contributed by atoms with Gasteiger partial charge in [-0.1, -0.05) is 11.3 Å². The van der Waals surface area contributed by atoms with Crippen molar-refractivity contribution in [2.24, 2.45) is 5.92 Å². The maximum atomic E-state index is 12.6. The van der Waals surface area contributed by atoms with Crippen LogP contribution in [0.15, 0.2) is 18.2 Å². The van der Waals surface area contributed by atoms with Crippen LogP contribution in [0.3, 0.4) is 0 Å². The summed E-state index contributed by atoms with van der Waals surface area (Å²) >= 11 is 1.41. The van der Waals surface area contributed by atoms with Crippen LogP contribution in [0, 0.1) is 5.92 Å². The number of ether oxygens (including phenoxy) is 2. The van der Waals surface area contributed by atoms with E-state index in [1.165, 1.54) is 11.3 Å². The van der Waals surface area contributed by atoms with Crippen LogP contribution < -0.4 is 19.7 Å². The Kier molecular flexibility index (Phi) is 4.69. The van der Waals surface area contributed by atoms with Crippen LogP contribution in [0.2, 0.25) is 0 Å². The van der Waals surface area contributed by atoms with Gasteiger partial charge in [-0.3, -0.25) is 9.59 Å². The Balaban J connectivity index is 1.47. The molecule has 2 fully saturated rings. The molecule has 1 N–H and O–H groups in total. The number of aromatic nitrogens is 2. The Labute approximate surface area is 160 Å². The van der Waals surface area contributed by atoms with E-state index >= 15 is 0 Å². The van der Waals surface area contributed by atoms with Crippen molar-refractivity contribution < 1.29 is 19.1 Å². The molecule has 4 rings (SSSR count). The topological polar surface area (TPSA) is 93.7 Å². The van der Waals surface area contributed by atoms with Crippen molar-refractivity contribution >= 4 is 34.0 Å². The molecular formula is C18H20N4O4S. The van der Waals surface area contributed by atoms with Gasteiger partial charge in [0, 0.05) is 24.9 Å². The molecule has 2 amide bonds. The summed E-state index contributed by atoms with van der Waals surface area (Å²) in [6.07, 6.45) is 2.41. The number of benzene rings is 1. The normalized spacial score (nSPS) is 19.3. The molecule has 0 radical (unpaired) electrons. The minimum absolute atomic E-state index is 0.127. The number of nitrogens with zero attached hydrogens (tertiary/aromatic N) is 3. The fourth-order valence-electron chi connectivity index (χ4n) is 3.11. The lowest BCUT2D eigenvalue weighted by Crippen LogP contribution is -2.28. The van der Waals surface area contributed by atoms with Crippen LogP contribution in [0.25, 0.3) is 0 Å². The molecular weight excluding hydrogens is 368 g/mol. The number of carbonyl (C=O) groups excluding carboxylic acids is 2. The Hall–Kier alpha value is -2.68. The first-order valence-corrected chi connectivity index (χ1v) is 9.57. The quantitative estimate of drug-likeness (QED) is 0.817. The number of rotatable bonds is 6. The zero-order valence-corrected chi connectivity index (χ0v) is 15.9. The molecule has 1 aliphatic carbocycles. The van der Waals surface area contributed by atoms with Crippen molar-refractivity contribution in [3.05, 3.63) is 23.2 Å². The molecule has 27 heavy (non-hydrogen) atoms. The van der Waals surface area contributed by atoms with E-state index in [1.54, 1.807) is 37.3 Å². The van der Waals surface area contributed by atoms with Crippen molar-refractivity contribution in [2.45, 2.75) is 25.2 Å². The van der Waals surface area contributed by atoms with Gasteiger partial charge in [0.25, 0.3) is 0 Å². The zero-order valence-electron chi connectivity index (χ0n) is 15.1. The summed E-state index contributed by atoms with van der Waals surface area (Å²) in [5.41, 5.74) is 0.601. The standard InChI is InChI=1S/C18H20N4O4S/c1-25-12-5-6-14(26-2)13(8-12)22-9-11(7-15(22)23)16(24)19-18-21-20-17(27-18)10-3-4-10/h5-6,8,10-11H,3-4,7,9H2,1-2H3,(H,19,21,24)/t11-/m1/s1. The lowest BCUT2D eigenvalue weighted by molar-refractivity contribution is -0.122. The second-order valence-electron chi connectivity index (χ2n) is 6.65. The molecule has 1 aromatic carbocycles. The van der Waals surface area contributed by atoms with Crippen LogP contribution in [0.1, 0.15) is 30.2 Å². The number of carbonyl (C=O) groups is 2. The lowest BCUT2D eigenvalue weighted by atomic mass is 10.1. The van der Waals surface area contributed by atoms with Crippen molar-refractivity contribution in [3.63, 3.8) is 0 Å². The maximum Gasteiger partial charge on any atom is 0.231 e. The Morgan fingerprint density at radius 2 is 2.07 bits per heavy atom. The summed E-state index contributed by atoms with van der Waals surface area (Å²) in [4.78, 5) is 26.7. The van der Waals surface area contributed by atoms with Crippen LogP contribution in [0.5, 0.6) is 11.5 Å². The summed E-state index contributed by atoms with van der Waals surface area (Å²) in [5.74, 6) is 0.874. The minimum Gasteiger partial charge on any atom is -0.497 e. The third-order valence-electron chi connectivity index (χ3n) is 4.77. The van der Waals surface area contributed by atoms with Gasteiger partial charge in [-0.05, 0) is 25.0 Å². The van der Waals surface area contributed by atoms with Gasteiger partial charge in [-0.25, -0.2) is 0 Å². The van der Waals surface area contributed by atoms with Gasteiger partial charge in [0.15, 0.2) is 0 Å². The van der Waals surface area contributed by atoms with Gasteiger partial charge in [0.2, 0.25) is 16.9 Å². The SMILES string of the molecule is COc1ccc(OC)c(N2C[C@H](C(=O)Nc3nnc(C4CC4)s3)CC2=O)c1. The molecule has 2 aliphatic rings. The average molecular weight is 388 g/mol. The van der Waals surface area contributed by atoms with Crippen molar-refractivity contribution in [3.8, 4) is 11.5 Å². The Morgan fingerprint density at radius 1 is 1.26 bits per heavy atom. The van der Waals surface area contributed by atoms with E-state index < -0.39 is 5.92 Å². The van der Waals surface area contributed by atoms with Crippen molar-refractivity contribution in [1.29, 1.82) is 0 Å². The third-order valence-corrected chi connectivity index (χ3v) is 5.77. The molecule has 8 nitrogen and oxygen atoms in total. The van der Waals surface area contributed by atoms with E-state index in [9.17, 15) is 9.59 Å². The highest BCUT2D eigenvalue weighted by atomic mass is 32.1. The van der Waals surface area contributed by atoms with E-state index in [0.717, 1.165) is 17.8 Å². The van der Waals surface area contributed by atoms with Gasteiger partial charge in [0.05, 0.1) is 25.8 Å². The molecule has 1 aliphatic heterocycles. The van der Waals surface area contributed by atoms with Gasteiger partial charge < -0.3 is 19.7 Å². The molecule has 2 aromatic rings. The third kappa shape index (κ3) is 3.59. The predicted molar refractivity (Wildman–Crippen MR) is 101 cm³/mol. The molecule has 9 heteroatoms. The zero-order chi connectivity index (χ0) is 19.0. The lowest BCUT2D eigenvalue weighted by Gasteiger charge is -2.20. The van der Waals surface area contributed by atoms with Gasteiger partial charge in [0.1, 0.15) is 16.5 Å². The summed E-state index contributed by atoms with van der Waals surface area (Å²) in [5, 5.41) is 12.4. The summed E-state index contributed by atoms with van der Waals surface area (Å²) in [7, 11) is 3.11. The largest absolute Gasteiger partial charge is 0.497 e. The molecule has 2 heterocycles. The Morgan fingerprint density at radius 3 is 2.78 bits per heavy atom. The van der Waals surface area contributed by atoms with Crippen LogP contribution in [-0.4, -0.2) is 42.8 Å². The monoisotopic (exact) mass is 388 g/mol. The summed E-state index contributed by atoms with van der Waals surface area (Å²) in [6.45, 7) is 0.280. The summed E-state index contributed by atoms with van der Waals surface area (Å²) < 4.78 is 10.6. The van der Waals surface area contributed by atoms with Gasteiger partial charge >= 0.3 is 0 Å². The molecule has 1 atom stereocenters. The molecule has 0 unspecified atom stereocenters. The van der Waals surface area contributed by atoms with Crippen molar-refractivity contribution in [1.82, 2.24) is 10.2 Å². The van der Waals surface area contributed by atoms with Crippen LogP contribution >= 0.6 is 11.3 Å². The number of nitrogens with one attached hydrogen (secondary N) is 1. The van der Waals surface area contributed by atoms with E-state index in [1.807, 2.05) is 0 Å². The summed E-state index contributed by atoms with van der Waals surface area (Å²) in [6, 6.07) is 5.25. The van der Waals surface area contributed by atoms with Gasteiger partial charge in [-0.2, -0.15) is 0 Å². The highest BCUT2D eigenvalue weighted by Gasteiger charge is 2.37. The van der Waals surface area contributed by atoms with E-state index in [0.29, 0.717) is 28.2 Å². The fourth-order valence-corrected chi connectivity index (χ4v) is 4.03. The fraction of sp³-hybridized carbons (Fsp3) is 0.444. The number of anilines is 2. The molecule has 1 saturated carbocycles. The average Bonchev–Trinajstić information content (AvgIpc) is 3.31. The van der Waals surface area contributed by atoms with E-state index in [2.05, 4.69) is 15.5 Å². The first kappa shape index (κ1) is 17.7. The van der Waals surface area contributed by atoms with Crippen molar-refractivity contribution in [2.75, 3.05) is 31.0 Å². The highest BCUT2D eigenvalue weighted by molar-refractivity contribution is 7.15. The number of methoxy groups -OCH3 is 2. The number of hydrogen-bond acceptors (Lipinski definition) is 7. The first-order chi connectivity index (χ1) is 13.1. The molecule has 1 aromatic heterocycles. The maximum absolute atomic E-state index is 12.6. The van der Waals surface area contributed by atoms with E-state index in [4.69, 9.17) is 9.47 Å². The first-order valence-electron chi connectivity index (χ1n) is 8.75. The van der Waals surface area contributed by atoms with Gasteiger partial charge in [-0.15, -0.1) is 10.2 Å². The number of hydrogen-bond donors (Lipinski definition) is 1. The predicted octanol–water partition coefficient (Wildman–Crippen LogP) is 2.42. The molecule has 142 valence electrons. The highest BCUT2D eigenvalue weighted by Crippen LogP contribution is 2.42. The minimum atomic E-state index is -0.457. The second kappa shape index (κ2) is 7.15. The number of amides is 2. The van der Waals surface area contributed by atoms with Crippen LogP contribution in [-0.2, 0) is 9.59 Å². The van der Waals surface area contributed by atoms with Crippen LogP contribution in [0.4, 0.5) is 10.8 Å². The molecule has 1 saturated heterocycles. The van der Waals surface area contributed by atoms with E-state index in [-0.39, 0.29) is 24.8 Å².